The topological polar surface area (TPSA) is 51.2 Å². The molecule has 1 aromatic heterocycles. The van der Waals surface area contributed by atoms with Crippen LogP contribution in [0.2, 0.25) is 0 Å². The van der Waals surface area contributed by atoms with E-state index in [2.05, 4.69) is 10.3 Å². The number of hydrogen-bond acceptors (Lipinski definition) is 3. The fourth-order valence-electron chi connectivity index (χ4n) is 2.47. The van der Waals surface area contributed by atoms with E-state index in [0.29, 0.717) is 17.9 Å². The molecule has 0 unspecified atom stereocenters. The average Bonchev–Trinajstić information content (AvgIpc) is 2.67. The largest absolute Gasteiger partial charge is 0.487 e. The molecule has 4 nitrogen and oxygen atoms in total. The van der Waals surface area contributed by atoms with E-state index < -0.39 is 0 Å². The van der Waals surface area contributed by atoms with Gasteiger partial charge in [0.25, 0.3) is 5.91 Å². The Morgan fingerprint density at radius 2 is 1.92 bits per heavy atom. The van der Waals surface area contributed by atoms with Gasteiger partial charge in [-0.15, -0.1) is 0 Å². The van der Waals surface area contributed by atoms with Crippen molar-refractivity contribution in [1.29, 1.82) is 0 Å². The van der Waals surface area contributed by atoms with Crippen molar-refractivity contribution in [3.63, 3.8) is 0 Å². The maximum atomic E-state index is 12.1. The number of carbonyl (C=O) groups is 1. The molecule has 1 heterocycles. The molecule has 0 spiro atoms. The number of benzene rings is 2. The minimum Gasteiger partial charge on any atom is -0.487 e. The Morgan fingerprint density at radius 3 is 2.62 bits per heavy atom. The molecule has 120 valence electrons. The maximum Gasteiger partial charge on any atom is 0.251 e. The Bertz CT molecular complexity index is 818. The molecule has 24 heavy (non-hydrogen) atoms. The quantitative estimate of drug-likeness (QED) is 0.780. The van der Waals surface area contributed by atoms with Gasteiger partial charge >= 0.3 is 0 Å². The molecule has 0 saturated heterocycles. The van der Waals surface area contributed by atoms with Crippen LogP contribution in [0.5, 0.6) is 5.75 Å². The fourth-order valence-corrected chi connectivity index (χ4v) is 2.47. The van der Waals surface area contributed by atoms with Gasteiger partial charge in [0.05, 0.1) is 6.20 Å². The molecule has 0 aliphatic rings. The van der Waals surface area contributed by atoms with Crippen LogP contribution in [0.4, 0.5) is 0 Å². The number of pyridine rings is 1. The van der Waals surface area contributed by atoms with E-state index in [4.69, 9.17) is 4.74 Å². The van der Waals surface area contributed by atoms with E-state index in [1.165, 1.54) is 0 Å². The Balaban J connectivity index is 1.91. The van der Waals surface area contributed by atoms with Crippen LogP contribution in [-0.2, 0) is 6.61 Å². The van der Waals surface area contributed by atoms with Gasteiger partial charge in [0.15, 0.2) is 0 Å². The highest BCUT2D eigenvalue weighted by Crippen LogP contribution is 2.25. The van der Waals surface area contributed by atoms with Gasteiger partial charge in [-0.25, -0.2) is 0 Å². The van der Waals surface area contributed by atoms with Crippen LogP contribution in [0.3, 0.4) is 0 Å². The second-order valence-electron chi connectivity index (χ2n) is 5.30. The van der Waals surface area contributed by atoms with Crippen molar-refractivity contribution in [2.45, 2.75) is 6.61 Å². The summed E-state index contributed by atoms with van der Waals surface area (Å²) >= 11 is 0. The van der Waals surface area contributed by atoms with Crippen LogP contribution < -0.4 is 10.1 Å². The summed E-state index contributed by atoms with van der Waals surface area (Å²) in [5.41, 5.74) is 3.53. The predicted octanol–water partition coefficient (Wildman–Crippen LogP) is 3.69. The summed E-state index contributed by atoms with van der Waals surface area (Å²) in [7, 11) is 1.64. The summed E-state index contributed by atoms with van der Waals surface area (Å²) in [5, 5.41) is 2.69. The first-order valence-corrected chi connectivity index (χ1v) is 7.71. The van der Waals surface area contributed by atoms with Gasteiger partial charge in [-0.1, -0.05) is 36.4 Å². The lowest BCUT2D eigenvalue weighted by atomic mass is 9.97. The zero-order valence-corrected chi connectivity index (χ0v) is 13.4. The smallest absolute Gasteiger partial charge is 0.251 e. The van der Waals surface area contributed by atoms with Gasteiger partial charge in [-0.2, -0.15) is 0 Å². The van der Waals surface area contributed by atoms with Crippen LogP contribution in [0.25, 0.3) is 11.1 Å². The third-order valence-corrected chi connectivity index (χ3v) is 3.68. The standard InChI is InChI=1S/C20H18N2O2/c1-21-20(23)18-10-9-15(14-24-17-8-5-11-22-13-17)12-19(18)16-6-3-2-4-7-16/h2-13H,14H2,1H3,(H,21,23). The third-order valence-electron chi connectivity index (χ3n) is 3.68. The molecule has 0 fully saturated rings. The molecule has 1 N–H and O–H groups in total. The number of amides is 1. The molecular formula is C20H18N2O2. The Hall–Kier alpha value is -3.14. The van der Waals surface area contributed by atoms with Crippen LogP contribution >= 0.6 is 0 Å². The van der Waals surface area contributed by atoms with Crippen molar-refractivity contribution in [3.05, 3.63) is 84.2 Å². The third kappa shape index (κ3) is 3.60. The van der Waals surface area contributed by atoms with E-state index in [1.807, 2.05) is 60.7 Å². The monoisotopic (exact) mass is 318 g/mol. The molecule has 1 amide bonds. The van der Waals surface area contributed by atoms with Crippen molar-refractivity contribution >= 4 is 5.91 Å². The molecule has 3 rings (SSSR count). The van der Waals surface area contributed by atoms with Crippen molar-refractivity contribution in [3.8, 4) is 16.9 Å². The Kier molecular flexibility index (Phi) is 4.87. The molecule has 0 saturated carbocycles. The van der Waals surface area contributed by atoms with E-state index in [1.54, 1.807) is 19.4 Å². The van der Waals surface area contributed by atoms with Crippen LogP contribution in [0.1, 0.15) is 15.9 Å². The van der Waals surface area contributed by atoms with Gasteiger partial charge in [0.2, 0.25) is 0 Å². The molecule has 0 bridgehead atoms. The summed E-state index contributed by atoms with van der Waals surface area (Å²) in [6.07, 6.45) is 3.38. The highest BCUT2D eigenvalue weighted by molar-refractivity contribution is 6.00. The Morgan fingerprint density at radius 1 is 1.08 bits per heavy atom. The summed E-state index contributed by atoms with van der Waals surface area (Å²) < 4.78 is 5.75. The highest BCUT2D eigenvalue weighted by atomic mass is 16.5. The van der Waals surface area contributed by atoms with E-state index in [9.17, 15) is 4.79 Å². The first-order chi connectivity index (χ1) is 11.8. The zero-order chi connectivity index (χ0) is 16.8. The maximum absolute atomic E-state index is 12.1. The van der Waals surface area contributed by atoms with Gasteiger partial charge in [-0.3, -0.25) is 9.78 Å². The fraction of sp³-hybridized carbons (Fsp3) is 0.100. The predicted molar refractivity (Wildman–Crippen MR) is 93.8 cm³/mol. The summed E-state index contributed by atoms with van der Waals surface area (Å²) in [4.78, 5) is 16.2. The number of rotatable bonds is 5. The molecule has 4 heteroatoms. The number of nitrogens with one attached hydrogen (secondary N) is 1. The lowest BCUT2D eigenvalue weighted by molar-refractivity contribution is 0.0963. The van der Waals surface area contributed by atoms with Crippen molar-refractivity contribution in [2.24, 2.45) is 0 Å². The molecule has 2 aromatic carbocycles. The Labute approximate surface area is 141 Å². The second-order valence-corrected chi connectivity index (χ2v) is 5.30. The summed E-state index contributed by atoms with van der Waals surface area (Å²) in [6, 6.07) is 19.3. The van der Waals surface area contributed by atoms with Gasteiger partial charge in [0, 0.05) is 18.8 Å². The van der Waals surface area contributed by atoms with Crippen LogP contribution in [0.15, 0.2) is 73.1 Å². The van der Waals surface area contributed by atoms with Gasteiger partial charge in [0.1, 0.15) is 12.4 Å². The lowest BCUT2D eigenvalue weighted by Crippen LogP contribution is -2.18. The molecule has 0 aliphatic heterocycles. The molecular weight excluding hydrogens is 300 g/mol. The second kappa shape index (κ2) is 7.42. The number of nitrogens with zero attached hydrogens (tertiary/aromatic N) is 1. The molecule has 3 aromatic rings. The number of carbonyl (C=O) groups excluding carboxylic acids is 1. The first-order valence-electron chi connectivity index (χ1n) is 7.71. The minimum atomic E-state index is -0.103. The number of aromatic nitrogens is 1. The zero-order valence-electron chi connectivity index (χ0n) is 13.4. The van der Waals surface area contributed by atoms with E-state index in [0.717, 1.165) is 16.7 Å². The number of ether oxygens (including phenoxy) is 1. The van der Waals surface area contributed by atoms with Gasteiger partial charge in [-0.05, 0) is 41.0 Å². The van der Waals surface area contributed by atoms with E-state index >= 15 is 0 Å². The summed E-state index contributed by atoms with van der Waals surface area (Å²) in [6.45, 7) is 0.416. The van der Waals surface area contributed by atoms with Gasteiger partial charge < -0.3 is 10.1 Å². The highest BCUT2D eigenvalue weighted by Gasteiger charge is 2.12. The minimum absolute atomic E-state index is 0.103. The first kappa shape index (κ1) is 15.7. The van der Waals surface area contributed by atoms with Crippen molar-refractivity contribution in [1.82, 2.24) is 10.3 Å². The lowest BCUT2D eigenvalue weighted by Gasteiger charge is -2.12. The average molecular weight is 318 g/mol. The van der Waals surface area contributed by atoms with E-state index in [-0.39, 0.29) is 5.91 Å². The van der Waals surface area contributed by atoms with Crippen LogP contribution in [0, 0.1) is 0 Å². The number of hydrogen-bond donors (Lipinski definition) is 1. The SMILES string of the molecule is CNC(=O)c1ccc(COc2cccnc2)cc1-c1ccccc1. The molecule has 0 atom stereocenters. The molecule has 0 radical (unpaired) electrons. The normalized spacial score (nSPS) is 10.2. The van der Waals surface area contributed by atoms with Crippen molar-refractivity contribution < 1.29 is 9.53 Å². The summed E-state index contributed by atoms with van der Waals surface area (Å²) in [5.74, 6) is 0.614. The van der Waals surface area contributed by atoms with Crippen molar-refractivity contribution in [2.75, 3.05) is 7.05 Å². The van der Waals surface area contributed by atoms with Crippen LogP contribution in [-0.4, -0.2) is 17.9 Å². The molecule has 0 aliphatic carbocycles.